The zero-order chi connectivity index (χ0) is 25.2. The Morgan fingerprint density at radius 2 is 1.28 bits per heavy atom. The number of hydrogen-bond donors (Lipinski definition) is 1. The van der Waals surface area contributed by atoms with Crippen LogP contribution in [0.1, 0.15) is 29.2 Å². The average Bonchev–Trinajstić information content (AvgIpc) is 3.14. The minimum absolute atomic E-state index is 0.426. The molecule has 0 spiro atoms. The van der Waals surface area contributed by atoms with E-state index in [0.717, 1.165) is 27.2 Å². The van der Waals surface area contributed by atoms with Gasteiger partial charge in [-0.1, -0.05) is 48.5 Å². The van der Waals surface area contributed by atoms with Crippen LogP contribution in [0.3, 0.4) is 0 Å². The van der Waals surface area contributed by atoms with E-state index in [2.05, 4.69) is 5.32 Å². The molecule has 1 N–H and O–H groups in total. The molecule has 0 aromatic heterocycles. The van der Waals surface area contributed by atoms with Gasteiger partial charge < -0.3 is 10.1 Å². The van der Waals surface area contributed by atoms with Crippen molar-refractivity contribution in [3.63, 3.8) is 0 Å². The molecule has 1 aliphatic heterocycles. The van der Waals surface area contributed by atoms with E-state index in [1.165, 1.54) is 0 Å². The van der Waals surface area contributed by atoms with Gasteiger partial charge in [0.2, 0.25) is 17.7 Å². The zero-order valence-electron chi connectivity index (χ0n) is 19.3. The Morgan fingerprint density at radius 1 is 0.833 bits per heavy atom. The summed E-state index contributed by atoms with van der Waals surface area (Å²) in [5, 5.41) is 2.75. The SMILES string of the molecule is CCOc1ccc(NC(=O)CN2C(=O)[C@H]3[C@H](C2=O)C2(Cl)c4ccccc4C3(Cl)c3ccccc32)cc1. The fourth-order valence-corrected chi connectivity index (χ4v) is 7.12. The van der Waals surface area contributed by atoms with E-state index in [1.54, 1.807) is 24.3 Å². The molecule has 1 fully saturated rings. The molecular weight excluding hydrogens is 499 g/mol. The standard InChI is InChI=1S/C28H22Cl2N2O4/c1-2-36-17-13-11-16(12-14-17)31-22(33)15-32-25(34)23-24(26(32)35)28(30)19-8-4-3-7-18(19)27(23,29)20-9-5-6-10-21(20)28/h3-14,23-24H,2,15H2,1H3,(H,31,33)/t23-,24-,27?,28?/m1/s1. The van der Waals surface area contributed by atoms with Crippen molar-refractivity contribution in [2.45, 2.75) is 16.7 Å². The number of ether oxygens (including phenoxy) is 1. The van der Waals surface area contributed by atoms with Crippen LogP contribution in [0, 0.1) is 11.8 Å². The smallest absolute Gasteiger partial charge is 0.244 e. The number of halogens is 2. The number of carbonyl (C=O) groups excluding carboxylic acids is 3. The lowest BCUT2D eigenvalue weighted by atomic mass is 9.54. The van der Waals surface area contributed by atoms with E-state index in [-0.39, 0.29) is 0 Å². The van der Waals surface area contributed by atoms with Gasteiger partial charge in [0.25, 0.3) is 0 Å². The van der Waals surface area contributed by atoms with E-state index in [9.17, 15) is 14.4 Å². The van der Waals surface area contributed by atoms with Crippen LogP contribution in [-0.4, -0.2) is 35.8 Å². The first kappa shape index (κ1) is 23.1. The maximum Gasteiger partial charge on any atom is 0.244 e. The number of amides is 3. The Labute approximate surface area is 218 Å². The van der Waals surface area contributed by atoms with Gasteiger partial charge in [-0.05, 0) is 53.4 Å². The number of likely N-dealkylation sites (tertiary alicyclic amines) is 1. The summed E-state index contributed by atoms with van der Waals surface area (Å²) in [7, 11) is 0. The number of anilines is 1. The molecule has 8 heteroatoms. The number of nitrogens with zero attached hydrogens (tertiary/aromatic N) is 1. The fourth-order valence-electron chi connectivity index (χ4n) is 6.03. The molecule has 3 aliphatic carbocycles. The number of alkyl halides is 2. The maximum absolute atomic E-state index is 13.8. The van der Waals surface area contributed by atoms with Gasteiger partial charge in [0.15, 0.2) is 0 Å². The van der Waals surface area contributed by atoms with E-state index in [4.69, 9.17) is 27.9 Å². The van der Waals surface area contributed by atoms with Crippen LogP contribution >= 0.6 is 23.2 Å². The zero-order valence-corrected chi connectivity index (χ0v) is 20.8. The molecule has 6 nitrogen and oxygen atoms in total. The second kappa shape index (κ2) is 8.08. The van der Waals surface area contributed by atoms with Crippen LogP contribution in [0.5, 0.6) is 5.75 Å². The number of nitrogens with one attached hydrogen (secondary N) is 1. The van der Waals surface area contributed by atoms with E-state index >= 15 is 0 Å². The second-order valence-electron chi connectivity index (χ2n) is 9.24. The molecule has 3 aromatic rings. The third kappa shape index (κ3) is 2.95. The summed E-state index contributed by atoms with van der Waals surface area (Å²) < 4.78 is 5.42. The molecule has 4 aliphatic rings. The summed E-state index contributed by atoms with van der Waals surface area (Å²) in [5.41, 5.74) is 3.43. The van der Waals surface area contributed by atoms with Crippen LogP contribution in [0.25, 0.3) is 0 Å². The van der Waals surface area contributed by atoms with E-state index in [0.29, 0.717) is 18.0 Å². The molecule has 36 heavy (non-hydrogen) atoms. The molecule has 182 valence electrons. The maximum atomic E-state index is 13.8. The van der Waals surface area contributed by atoms with Crippen LogP contribution in [0.4, 0.5) is 5.69 Å². The highest BCUT2D eigenvalue weighted by Gasteiger charge is 2.73. The monoisotopic (exact) mass is 520 g/mol. The highest BCUT2D eigenvalue weighted by atomic mass is 35.5. The number of benzene rings is 3. The third-order valence-corrected chi connectivity index (χ3v) is 8.71. The molecule has 2 bridgehead atoms. The van der Waals surface area contributed by atoms with E-state index < -0.39 is 45.9 Å². The van der Waals surface area contributed by atoms with Gasteiger partial charge >= 0.3 is 0 Å². The van der Waals surface area contributed by atoms with Crippen LogP contribution < -0.4 is 10.1 Å². The van der Waals surface area contributed by atoms with Gasteiger partial charge in [0.05, 0.1) is 18.4 Å². The van der Waals surface area contributed by atoms with Crippen molar-refractivity contribution < 1.29 is 19.1 Å². The Kier molecular flexibility index (Phi) is 5.18. The first-order chi connectivity index (χ1) is 17.3. The summed E-state index contributed by atoms with van der Waals surface area (Å²) in [6.45, 7) is 1.99. The highest BCUT2D eigenvalue weighted by molar-refractivity contribution is 6.36. The van der Waals surface area contributed by atoms with Gasteiger partial charge in [-0.3, -0.25) is 19.3 Å². The number of rotatable bonds is 5. The van der Waals surface area contributed by atoms with Crippen molar-refractivity contribution >= 4 is 46.6 Å². The van der Waals surface area contributed by atoms with Crippen molar-refractivity contribution in [1.82, 2.24) is 4.90 Å². The number of carbonyl (C=O) groups is 3. The summed E-state index contributed by atoms with van der Waals surface area (Å²) in [5.74, 6) is -2.64. The molecule has 0 unspecified atom stereocenters. The minimum Gasteiger partial charge on any atom is -0.494 e. The normalized spacial score (nSPS) is 27.4. The number of hydrogen-bond acceptors (Lipinski definition) is 4. The predicted octanol–water partition coefficient (Wildman–Crippen LogP) is 4.62. The largest absolute Gasteiger partial charge is 0.494 e. The Bertz CT molecular complexity index is 1300. The first-order valence-electron chi connectivity index (χ1n) is 11.8. The summed E-state index contributed by atoms with van der Waals surface area (Å²) in [4.78, 5) is 38.9. The van der Waals surface area contributed by atoms with Crippen molar-refractivity contribution in [3.8, 4) is 5.75 Å². The summed E-state index contributed by atoms with van der Waals surface area (Å²) in [6.07, 6.45) is 0. The molecule has 3 amide bonds. The lowest BCUT2D eigenvalue weighted by Crippen LogP contribution is -2.57. The second-order valence-corrected chi connectivity index (χ2v) is 10.4. The Hall–Kier alpha value is -3.35. The van der Waals surface area contributed by atoms with E-state index in [1.807, 2.05) is 55.5 Å². The quantitative estimate of drug-likeness (QED) is 0.393. The molecule has 7 rings (SSSR count). The summed E-state index contributed by atoms with van der Waals surface area (Å²) in [6, 6.07) is 21.7. The van der Waals surface area contributed by atoms with Crippen molar-refractivity contribution in [2.75, 3.05) is 18.5 Å². The molecule has 3 aromatic carbocycles. The van der Waals surface area contributed by atoms with Gasteiger partial charge in [0.1, 0.15) is 22.0 Å². The van der Waals surface area contributed by atoms with Crippen LogP contribution in [0.2, 0.25) is 0 Å². The molecule has 1 heterocycles. The van der Waals surface area contributed by atoms with Crippen molar-refractivity contribution in [2.24, 2.45) is 11.8 Å². The Morgan fingerprint density at radius 3 is 1.69 bits per heavy atom. The highest BCUT2D eigenvalue weighted by Crippen LogP contribution is 2.69. The minimum atomic E-state index is -1.26. The van der Waals surface area contributed by atoms with Gasteiger partial charge in [-0.2, -0.15) is 0 Å². The lowest BCUT2D eigenvalue weighted by Gasteiger charge is -2.54. The summed E-state index contributed by atoms with van der Waals surface area (Å²) >= 11 is 14.8. The average molecular weight is 521 g/mol. The van der Waals surface area contributed by atoms with Crippen molar-refractivity contribution in [1.29, 1.82) is 0 Å². The fraction of sp³-hybridized carbons (Fsp3) is 0.250. The molecular formula is C28H22Cl2N2O4. The van der Waals surface area contributed by atoms with Crippen molar-refractivity contribution in [3.05, 3.63) is 95.1 Å². The van der Waals surface area contributed by atoms with Gasteiger partial charge in [-0.25, -0.2) is 0 Å². The molecule has 0 radical (unpaired) electrons. The lowest BCUT2D eigenvalue weighted by molar-refractivity contribution is -0.142. The first-order valence-corrected chi connectivity index (χ1v) is 12.5. The third-order valence-electron chi connectivity index (χ3n) is 7.43. The molecule has 2 atom stereocenters. The van der Waals surface area contributed by atoms with Gasteiger partial charge in [0, 0.05) is 5.69 Å². The molecule has 0 saturated carbocycles. The number of imide groups is 1. The van der Waals surface area contributed by atoms with Gasteiger partial charge in [-0.15, -0.1) is 23.2 Å². The predicted molar refractivity (Wildman–Crippen MR) is 136 cm³/mol. The van der Waals surface area contributed by atoms with Crippen LogP contribution in [0.15, 0.2) is 72.8 Å². The molecule has 1 saturated heterocycles. The topological polar surface area (TPSA) is 75.7 Å². The van der Waals surface area contributed by atoms with Crippen LogP contribution in [-0.2, 0) is 24.1 Å². The Balaban J connectivity index is 1.35.